The number of amides is 2. The lowest BCUT2D eigenvalue weighted by Gasteiger charge is -2.15. The molecule has 4 heterocycles. The molecule has 0 saturated heterocycles. The number of aryl methyl sites for hydroxylation is 1. The predicted octanol–water partition coefficient (Wildman–Crippen LogP) is 1.96. The smallest absolute Gasteiger partial charge is 0.407 e. The molecule has 0 radical (unpaired) electrons. The summed E-state index contributed by atoms with van der Waals surface area (Å²) in [6.45, 7) is -7.46. The number of aromatic nitrogens is 6. The summed E-state index contributed by atoms with van der Waals surface area (Å²) in [4.78, 5) is 47.3. The second-order valence-corrected chi connectivity index (χ2v) is 10.3. The van der Waals surface area contributed by atoms with E-state index in [0.717, 1.165) is 11.8 Å². The van der Waals surface area contributed by atoms with Crippen LogP contribution in [-0.4, -0.2) is 68.0 Å². The van der Waals surface area contributed by atoms with E-state index in [0.29, 0.717) is 4.57 Å². The maximum absolute atomic E-state index is 13.6. The number of carbonyl (C=O) groups excluding carboxylic acids is 2. The Morgan fingerprint density at radius 2 is 2.07 bits per heavy atom. The van der Waals surface area contributed by atoms with E-state index in [1.54, 1.807) is 6.92 Å². The van der Waals surface area contributed by atoms with Crippen LogP contribution in [0.4, 0.5) is 22.2 Å². The van der Waals surface area contributed by atoms with Crippen molar-refractivity contribution in [3.05, 3.63) is 34.9 Å². The Morgan fingerprint density at radius 3 is 2.76 bits per heavy atom. The maximum atomic E-state index is 13.6. The highest BCUT2D eigenvalue weighted by Crippen LogP contribution is 2.51. The van der Waals surface area contributed by atoms with Crippen molar-refractivity contribution in [1.29, 1.82) is 0 Å². The Bertz CT molecular complexity index is 2110. The van der Waals surface area contributed by atoms with Crippen LogP contribution in [0.5, 0.6) is 0 Å². The van der Waals surface area contributed by atoms with Gasteiger partial charge in [0.05, 0.1) is 31.1 Å². The average Bonchev–Trinajstić information content (AvgIpc) is 3.22. The summed E-state index contributed by atoms with van der Waals surface area (Å²) in [6.07, 6.45) is 0.997. The fourth-order valence-electron chi connectivity index (χ4n) is 5.67. The lowest BCUT2D eigenvalue weighted by molar-refractivity contribution is -0.123. The number of nitrogens with one attached hydrogen (secondary N) is 2. The summed E-state index contributed by atoms with van der Waals surface area (Å²) in [5.74, 6) is -1.38. The van der Waals surface area contributed by atoms with Gasteiger partial charge in [0.25, 0.3) is 0 Å². The topological polar surface area (TPSA) is 167 Å². The third kappa shape index (κ3) is 4.16. The minimum Gasteiger partial charge on any atom is -0.453 e. The van der Waals surface area contributed by atoms with E-state index in [-0.39, 0.29) is 70.2 Å². The van der Waals surface area contributed by atoms with Crippen LogP contribution in [0.15, 0.2) is 29.2 Å². The van der Waals surface area contributed by atoms with Gasteiger partial charge in [-0.05, 0) is 43.7 Å². The van der Waals surface area contributed by atoms with Gasteiger partial charge < -0.3 is 26.0 Å². The van der Waals surface area contributed by atoms with Gasteiger partial charge in [0.1, 0.15) is 17.2 Å². The molecule has 0 unspecified atom stereocenters. The van der Waals surface area contributed by atoms with Crippen molar-refractivity contribution in [2.24, 2.45) is 18.6 Å². The van der Waals surface area contributed by atoms with Crippen molar-refractivity contribution in [3.8, 4) is 0 Å². The number of nitrogens with two attached hydrogens (primary N) is 1. The molecule has 4 aromatic rings. The van der Waals surface area contributed by atoms with Gasteiger partial charge in [-0.1, -0.05) is 6.92 Å². The van der Waals surface area contributed by atoms with Crippen LogP contribution in [0, 0.1) is 5.92 Å². The number of primary amides is 1. The number of pyridine rings is 2. The van der Waals surface area contributed by atoms with Crippen LogP contribution in [0.1, 0.15) is 52.4 Å². The fourth-order valence-corrected chi connectivity index (χ4v) is 5.67. The van der Waals surface area contributed by atoms with E-state index in [9.17, 15) is 14.4 Å². The van der Waals surface area contributed by atoms with Crippen molar-refractivity contribution < 1.29 is 28.0 Å². The fraction of sp³-hybridized carbons (Fsp3) is 0.481. The van der Waals surface area contributed by atoms with Crippen LogP contribution < -0.4 is 27.0 Å². The normalized spacial score (nSPS) is 29.9. The number of fused-ring (bicyclic) bond motifs is 2. The first kappa shape index (κ1) is 17.3. The third-order valence-electron chi connectivity index (χ3n) is 7.91. The van der Waals surface area contributed by atoms with E-state index in [1.165, 1.54) is 29.0 Å². The van der Waals surface area contributed by atoms with Crippen LogP contribution >= 0.6 is 0 Å². The van der Waals surface area contributed by atoms with Crippen molar-refractivity contribution in [3.63, 3.8) is 0 Å². The number of alkyl carbamates (subject to hydrolysis) is 1. The molecule has 4 aromatic heterocycles. The number of ether oxygens (including phenoxy) is 1. The standard InChI is InChI=1S/C27H34N10O4/c1-14-12-27(14,24(28)38)37-22-17(23(33-37)34(2)3)8-9-20(32-22)31-21-11-18-19(13-29-21)35(4)26(40)36(18)16-7-6-15(10-16)30-25(39)41-5/h8-9,11,13-16H,6-7,10,12H2,1-5H3,(H2,28,38)(H,30,39)(H,29,31,32)/t14-,15+,16+,27-/m0/s1/i2D3,3D3,4D3,15D. The molecule has 2 aliphatic rings. The van der Waals surface area contributed by atoms with E-state index in [4.69, 9.17) is 19.4 Å². The molecule has 216 valence electrons. The zero-order valence-corrected chi connectivity index (χ0v) is 22.1. The molecule has 0 bridgehead atoms. The lowest BCUT2D eigenvalue weighted by atomic mass is 10.2. The van der Waals surface area contributed by atoms with Crippen LogP contribution in [0.2, 0.25) is 0 Å². The number of nitrogens with zero attached hydrogens (tertiary/aromatic N) is 7. The van der Waals surface area contributed by atoms with E-state index in [2.05, 4.69) is 30.4 Å². The summed E-state index contributed by atoms with van der Waals surface area (Å²) in [5, 5.41) is 9.76. The summed E-state index contributed by atoms with van der Waals surface area (Å²) in [6, 6.07) is 2.05. The zero-order valence-electron chi connectivity index (χ0n) is 32.1. The highest BCUT2D eigenvalue weighted by atomic mass is 16.5. The molecule has 14 heteroatoms. The summed E-state index contributed by atoms with van der Waals surface area (Å²) >= 11 is 0. The Kier molecular flexibility index (Phi) is 3.99. The Labute approximate surface area is 249 Å². The Hall–Kier alpha value is -4.62. The first-order chi connectivity index (χ1) is 23.5. The molecular formula is C27H34N10O4. The quantitative estimate of drug-likeness (QED) is 0.300. The number of carbonyl (C=O) groups is 2. The molecule has 0 aromatic carbocycles. The molecule has 4 atom stereocenters. The van der Waals surface area contributed by atoms with E-state index >= 15 is 0 Å². The van der Waals surface area contributed by atoms with Gasteiger partial charge in [0.15, 0.2) is 11.5 Å². The zero-order chi connectivity index (χ0) is 37.6. The van der Waals surface area contributed by atoms with Gasteiger partial charge in [-0.2, -0.15) is 5.10 Å². The number of rotatable bonds is 7. The largest absolute Gasteiger partial charge is 0.453 e. The first-order valence-electron chi connectivity index (χ1n) is 17.8. The molecular weight excluding hydrogens is 528 g/mol. The Morgan fingerprint density at radius 1 is 1.27 bits per heavy atom. The monoisotopic (exact) mass is 572 g/mol. The molecule has 2 aliphatic carbocycles. The molecule has 0 spiro atoms. The van der Waals surface area contributed by atoms with Gasteiger partial charge >= 0.3 is 11.8 Å². The number of hydrogen-bond acceptors (Lipinski definition) is 9. The molecule has 14 nitrogen and oxygen atoms in total. The number of anilines is 3. The summed E-state index contributed by atoms with van der Waals surface area (Å²) in [5.41, 5.74) is 3.62. The van der Waals surface area contributed by atoms with E-state index < -0.39 is 62.0 Å². The van der Waals surface area contributed by atoms with Crippen molar-refractivity contribution in [1.82, 2.24) is 34.2 Å². The van der Waals surface area contributed by atoms with Gasteiger partial charge in [0.2, 0.25) is 5.91 Å². The van der Waals surface area contributed by atoms with Crippen molar-refractivity contribution in [2.75, 3.05) is 31.3 Å². The molecule has 0 aliphatic heterocycles. The second kappa shape index (κ2) is 9.49. The second-order valence-electron chi connectivity index (χ2n) is 10.3. The average molecular weight is 573 g/mol. The highest BCUT2D eigenvalue weighted by molar-refractivity contribution is 5.93. The van der Waals surface area contributed by atoms with Crippen LogP contribution in [0.3, 0.4) is 0 Å². The summed E-state index contributed by atoms with van der Waals surface area (Å²) in [7, 11) is 1.16. The van der Waals surface area contributed by atoms with Gasteiger partial charge in [-0.25, -0.2) is 24.2 Å². The highest BCUT2D eigenvalue weighted by Gasteiger charge is 2.60. The van der Waals surface area contributed by atoms with Crippen molar-refractivity contribution >= 4 is 51.5 Å². The summed E-state index contributed by atoms with van der Waals surface area (Å²) < 4.78 is 88.0. The minimum absolute atomic E-state index is 0.0133. The van der Waals surface area contributed by atoms with Gasteiger partial charge in [0, 0.05) is 51.4 Å². The van der Waals surface area contributed by atoms with E-state index in [1.807, 2.05) is 0 Å². The molecule has 2 saturated carbocycles. The molecule has 41 heavy (non-hydrogen) atoms. The number of imidazole rings is 1. The molecule has 6 rings (SSSR count). The van der Waals surface area contributed by atoms with Crippen LogP contribution in [0.25, 0.3) is 22.1 Å². The SMILES string of the molecule is [2H]C([2H])([2H])N(c1nn([C@@]2(C(N)=O)C[C@@H]2C)c2nc(Nc3cc4c(cn3)n(C([2H])([2H])[2H])c(=O)n4[C@@H]3CC[C@@]([2H])(NC(=O)OC)C3)ccc12)C([2H])([2H])[2H]. The first-order valence-corrected chi connectivity index (χ1v) is 12.8. The minimum atomic E-state index is -3.15. The van der Waals surface area contributed by atoms with Crippen LogP contribution in [-0.2, 0) is 22.0 Å². The lowest BCUT2D eigenvalue weighted by Crippen LogP contribution is -2.36. The molecule has 4 N–H and O–H groups in total. The van der Waals surface area contributed by atoms with Gasteiger partial charge in [-0.15, -0.1) is 0 Å². The Balaban J connectivity index is 1.46. The third-order valence-corrected chi connectivity index (χ3v) is 7.91. The number of methoxy groups -OCH3 is 1. The van der Waals surface area contributed by atoms with Crippen molar-refractivity contribution in [2.45, 2.75) is 50.2 Å². The van der Waals surface area contributed by atoms with Gasteiger partial charge in [-0.3, -0.25) is 13.9 Å². The molecule has 2 fully saturated rings. The maximum Gasteiger partial charge on any atom is 0.407 e. The predicted molar refractivity (Wildman–Crippen MR) is 153 cm³/mol. The number of hydrogen-bond donors (Lipinski definition) is 3. The molecule has 2 amide bonds.